The zero-order valence-corrected chi connectivity index (χ0v) is 9.42. The van der Waals surface area contributed by atoms with Crippen molar-refractivity contribution < 1.29 is 4.79 Å². The molecule has 15 heavy (non-hydrogen) atoms. The van der Waals surface area contributed by atoms with E-state index in [1.54, 1.807) is 11.0 Å². The predicted molar refractivity (Wildman–Crippen MR) is 63.2 cm³/mol. The van der Waals surface area contributed by atoms with E-state index < -0.39 is 0 Å². The van der Waals surface area contributed by atoms with E-state index in [-0.39, 0.29) is 11.6 Å². The summed E-state index contributed by atoms with van der Waals surface area (Å²) in [7, 11) is 0. The zero-order chi connectivity index (χ0) is 10.9. The van der Waals surface area contributed by atoms with Crippen molar-refractivity contribution in [3.63, 3.8) is 0 Å². The molecule has 0 aromatic rings. The van der Waals surface area contributed by atoms with Crippen LogP contribution in [-0.4, -0.2) is 40.4 Å². The lowest BCUT2D eigenvalue weighted by molar-refractivity contribution is 0.183. The van der Waals surface area contributed by atoms with E-state index in [2.05, 4.69) is 11.6 Å². The van der Waals surface area contributed by atoms with E-state index in [1.807, 2.05) is 11.8 Å². The second kappa shape index (κ2) is 3.89. The van der Waals surface area contributed by atoms with Gasteiger partial charge in [-0.25, -0.2) is 4.79 Å². The summed E-state index contributed by atoms with van der Waals surface area (Å²) < 4.78 is 0. The van der Waals surface area contributed by atoms with Crippen molar-refractivity contribution in [1.82, 2.24) is 4.90 Å². The van der Waals surface area contributed by atoms with Gasteiger partial charge in [0.1, 0.15) is 11.4 Å². The van der Waals surface area contributed by atoms with Crippen LogP contribution >= 0.6 is 11.8 Å². The van der Waals surface area contributed by atoms with Gasteiger partial charge in [-0.2, -0.15) is 16.8 Å². The molecule has 2 N–H and O–H groups in total. The Labute approximate surface area is 93.6 Å². The minimum absolute atomic E-state index is 0.213. The van der Waals surface area contributed by atoms with Crippen LogP contribution in [0.4, 0.5) is 4.79 Å². The fourth-order valence-corrected chi connectivity index (χ4v) is 3.44. The summed E-state index contributed by atoms with van der Waals surface area (Å²) >= 11 is 1.84. The van der Waals surface area contributed by atoms with Gasteiger partial charge in [0.25, 0.3) is 0 Å². The summed E-state index contributed by atoms with van der Waals surface area (Å²) in [6, 6.07) is -0.213. The first kappa shape index (κ1) is 10.5. The van der Waals surface area contributed by atoms with Gasteiger partial charge in [0.15, 0.2) is 0 Å². The monoisotopic (exact) mass is 225 g/mol. The molecule has 2 rings (SSSR count). The van der Waals surface area contributed by atoms with Crippen LogP contribution < -0.4 is 5.73 Å². The molecule has 2 heterocycles. The van der Waals surface area contributed by atoms with E-state index in [1.165, 1.54) is 0 Å². The van der Waals surface area contributed by atoms with Crippen LogP contribution in [0.15, 0.2) is 17.6 Å². The molecule has 1 saturated heterocycles. The molecule has 4 nitrogen and oxygen atoms in total. The minimum atomic E-state index is -0.325. The zero-order valence-electron chi connectivity index (χ0n) is 8.61. The number of carbonyl (C=O) groups is 1. The van der Waals surface area contributed by atoms with Gasteiger partial charge in [-0.15, -0.1) is 6.58 Å². The van der Waals surface area contributed by atoms with Crippen LogP contribution in [0.2, 0.25) is 0 Å². The standard InChI is InChI=1S/C10H15N3OS/c1-2-5-13-9(14)12-8(11)10(13)4-3-6-15-7-10/h2H,1,3-7H2,(H2,11,12,14). The van der Waals surface area contributed by atoms with Gasteiger partial charge in [-0.3, -0.25) is 0 Å². The van der Waals surface area contributed by atoms with Crippen molar-refractivity contribution in [2.45, 2.75) is 18.4 Å². The smallest absolute Gasteiger partial charge is 0.346 e. The molecule has 0 aromatic carbocycles. The van der Waals surface area contributed by atoms with Crippen molar-refractivity contribution in [1.29, 1.82) is 0 Å². The molecule has 2 aliphatic heterocycles. The SMILES string of the molecule is C=CCN1C(=O)N=C(N)C12CCCSC2. The summed E-state index contributed by atoms with van der Waals surface area (Å²) in [5.41, 5.74) is 5.57. The highest BCUT2D eigenvalue weighted by molar-refractivity contribution is 7.99. The van der Waals surface area contributed by atoms with Crippen LogP contribution in [0.5, 0.6) is 0 Å². The fraction of sp³-hybridized carbons (Fsp3) is 0.600. The Hall–Kier alpha value is -0.970. The summed E-state index contributed by atoms with van der Waals surface area (Å²) in [6.45, 7) is 4.20. The molecule has 1 fully saturated rings. The lowest BCUT2D eigenvalue weighted by Crippen LogP contribution is -2.57. The van der Waals surface area contributed by atoms with Crippen molar-refractivity contribution >= 4 is 23.6 Å². The van der Waals surface area contributed by atoms with Crippen LogP contribution in [0.25, 0.3) is 0 Å². The minimum Gasteiger partial charge on any atom is -0.385 e. The fourth-order valence-electron chi connectivity index (χ4n) is 2.17. The predicted octanol–water partition coefficient (Wildman–Crippen LogP) is 1.23. The quantitative estimate of drug-likeness (QED) is 0.719. The Morgan fingerprint density at radius 2 is 2.53 bits per heavy atom. The number of rotatable bonds is 2. The molecule has 5 heteroatoms. The highest BCUT2D eigenvalue weighted by atomic mass is 32.2. The largest absolute Gasteiger partial charge is 0.385 e. The third-order valence-electron chi connectivity index (χ3n) is 2.97. The second-order valence-electron chi connectivity index (χ2n) is 3.87. The molecular formula is C10H15N3OS. The normalized spacial score (nSPS) is 30.8. The van der Waals surface area contributed by atoms with Crippen LogP contribution in [0, 0.1) is 0 Å². The molecule has 1 atom stereocenters. The average Bonchev–Trinajstić information content (AvgIpc) is 2.45. The van der Waals surface area contributed by atoms with Crippen molar-refractivity contribution in [2.75, 3.05) is 18.1 Å². The van der Waals surface area contributed by atoms with E-state index in [0.29, 0.717) is 12.4 Å². The lowest BCUT2D eigenvalue weighted by atomic mass is 9.93. The topological polar surface area (TPSA) is 58.7 Å². The van der Waals surface area contributed by atoms with Crippen LogP contribution in [-0.2, 0) is 0 Å². The van der Waals surface area contributed by atoms with Crippen molar-refractivity contribution in [2.24, 2.45) is 10.7 Å². The second-order valence-corrected chi connectivity index (χ2v) is 4.97. The first-order valence-electron chi connectivity index (χ1n) is 5.05. The van der Waals surface area contributed by atoms with E-state index in [9.17, 15) is 4.79 Å². The first-order chi connectivity index (χ1) is 7.20. The number of nitrogens with two attached hydrogens (primary N) is 1. The molecule has 0 bridgehead atoms. The number of thioether (sulfide) groups is 1. The highest BCUT2D eigenvalue weighted by Gasteiger charge is 2.48. The number of aliphatic imine (C=N–C) groups is 1. The number of urea groups is 1. The Morgan fingerprint density at radius 3 is 3.13 bits per heavy atom. The number of amidine groups is 1. The van der Waals surface area contributed by atoms with Gasteiger partial charge in [-0.05, 0) is 18.6 Å². The number of amides is 2. The van der Waals surface area contributed by atoms with E-state index in [0.717, 1.165) is 24.3 Å². The molecule has 0 saturated carbocycles. The molecule has 1 spiro atoms. The summed E-state index contributed by atoms with van der Waals surface area (Å²) in [5.74, 6) is 2.49. The Kier molecular flexibility index (Phi) is 2.73. The van der Waals surface area contributed by atoms with Gasteiger partial charge in [0, 0.05) is 12.3 Å². The maximum absolute atomic E-state index is 11.6. The third-order valence-corrected chi connectivity index (χ3v) is 4.23. The molecule has 0 radical (unpaired) electrons. The third kappa shape index (κ3) is 1.55. The maximum atomic E-state index is 11.6. The van der Waals surface area contributed by atoms with Crippen LogP contribution in [0.1, 0.15) is 12.8 Å². The Balaban J connectivity index is 2.29. The number of hydrogen-bond donors (Lipinski definition) is 1. The molecular weight excluding hydrogens is 210 g/mol. The number of hydrogen-bond acceptors (Lipinski definition) is 3. The average molecular weight is 225 g/mol. The Morgan fingerprint density at radius 1 is 1.73 bits per heavy atom. The summed E-state index contributed by atoms with van der Waals surface area (Å²) in [4.78, 5) is 17.3. The van der Waals surface area contributed by atoms with Crippen LogP contribution in [0.3, 0.4) is 0 Å². The van der Waals surface area contributed by atoms with Crippen molar-refractivity contribution in [3.8, 4) is 0 Å². The molecule has 1 unspecified atom stereocenters. The van der Waals surface area contributed by atoms with Gasteiger partial charge in [0.2, 0.25) is 0 Å². The van der Waals surface area contributed by atoms with Gasteiger partial charge in [0.05, 0.1) is 0 Å². The number of carbonyl (C=O) groups excluding carboxylic acids is 1. The first-order valence-corrected chi connectivity index (χ1v) is 6.21. The summed E-state index contributed by atoms with van der Waals surface area (Å²) in [5, 5.41) is 0. The molecule has 2 amide bonds. The Bertz CT molecular complexity index is 321. The number of nitrogens with zero attached hydrogens (tertiary/aromatic N) is 2. The van der Waals surface area contributed by atoms with E-state index in [4.69, 9.17) is 5.73 Å². The van der Waals surface area contributed by atoms with Gasteiger partial charge < -0.3 is 10.6 Å². The van der Waals surface area contributed by atoms with Gasteiger partial charge in [-0.1, -0.05) is 6.08 Å². The molecule has 82 valence electrons. The highest BCUT2D eigenvalue weighted by Crippen LogP contribution is 2.35. The molecule has 0 aliphatic carbocycles. The maximum Gasteiger partial charge on any atom is 0.346 e. The molecule has 2 aliphatic rings. The summed E-state index contributed by atoms with van der Waals surface area (Å²) in [6.07, 6.45) is 3.74. The van der Waals surface area contributed by atoms with Crippen molar-refractivity contribution in [3.05, 3.63) is 12.7 Å². The van der Waals surface area contributed by atoms with E-state index >= 15 is 0 Å². The lowest BCUT2D eigenvalue weighted by Gasteiger charge is -2.39. The molecule has 0 aromatic heterocycles. The van der Waals surface area contributed by atoms with Gasteiger partial charge >= 0.3 is 6.03 Å².